The second-order valence-electron chi connectivity index (χ2n) is 5.99. The molecule has 0 amide bonds. The molecule has 2 aromatic carbocycles. The van der Waals surface area contributed by atoms with Gasteiger partial charge in [0.2, 0.25) is 0 Å². The molecule has 2 aromatic rings. The number of rotatable bonds is 10. The summed E-state index contributed by atoms with van der Waals surface area (Å²) in [6.07, 6.45) is 0. The van der Waals surface area contributed by atoms with Gasteiger partial charge in [0.25, 0.3) is 0 Å². The van der Waals surface area contributed by atoms with Crippen LogP contribution in [-0.4, -0.2) is 36.0 Å². The molecule has 0 aliphatic carbocycles. The van der Waals surface area contributed by atoms with E-state index in [-0.39, 0.29) is 108 Å². The Morgan fingerprint density at radius 1 is 0.812 bits per heavy atom. The number of carbonyl (C=O) groups excluding carboxylic acids is 3. The molecule has 0 aliphatic rings. The largest absolute Gasteiger partial charge is 1.00 e. The smallest absolute Gasteiger partial charge is 0.549 e. The first-order valence-corrected chi connectivity index (χ1v) is 8.17. The van der Waals surface area contributed by atoms with E-state index in [0.29, 0.717) is 11.1 Å². The van der Waals surface area contributed by atoms with E-state index < -0.39 is 42.2 Å². The Balaban J connectivity index is 0. The monoisotopic (exact) mass is 475 g/mol. The molecular formula is C19H14F2NNa3O7. The summed E-state index contributed by atoms with van der Waals surface area (Å²) in [6.45, 7) is -3.49. The van der Waals surface area contributed by atoms with Gasteiger partial charge in [-0.1, -0.05) is 24.3 Å². The first kappa shape index (κ1) is 33.6. The topological polar surface area (TPSA) is 133 Å². The fraction of sp³-hybridized carbons (Fsp3) is 0.211. The van der Waals surface area contributed by atoms with Crippen molar-refractivity contribution in [2.75, 3.05) is 6.54 Å². The van der Waals surface area contributed by atoms with Gasteiger partial charge in [-0.15, -0.1) is 0 Å². The maximum atomic E-state index is 12.2. The van der Waals surface area contributed by atoms with Crippen LogP contribution in [0.4, 0.5) is 8.78 Å². The van der Waals surface area contributed by atoms with E-state index >= 15 is 0 Å². The molecule has 154 valence electrons. The Kier molecular flexibility index (Phi) is 17.0. The number of hydrogen-bond donors (Lipinski definition) is 0. The number of ether oxygens (including phenoxy) is 1. The summed E-state index contributed by atoms with van der Waals surface area (Å²) in [5, 5.41) is 33.2. The summed E-state index contributed by atoms with van der Waals surface area (Å²) in [6, 6.07) is 8.92. The summed E-state index contributed by atoms with van der Waals surface area (Å²) >= 11 is 0. The number of alkyl halides is 2. The third-order valence-electron chi connectivity index (χ3n) is 3.84. The Hall–Kier alpha value is -0.530. The van der Waals surface area contributed by atoms with E-state index in [2.05, 4.69) is 4.74 Å². The van der Waals surface area contributed by atoms with Crippen LogP contribution in [-0.2, 0) is 17.9 Å². The summed E-state index contributed by atoms with van der Waals surface area (Å²) < 4.78 is 28.6. The molecule has 0 saturated carbocycles. The number of hydrogen-bond acceptors (Lipinski definition) is 8. The molecular weight excluding hydrogens is 461 g/mol. The fourth-order valence-corrected chi connectivity index (χ4v) is 2.68. The normalized spacial score (nSPS) is 9.88. The molecule has 32 heavy (non-hydrogen) atoms. The summed E-state index contributed by atoms with van der Waals surface area (Å²) in [5.41, 5.74) is -0.272. The van der Waals surface area contributed by atoms with Gasteiger partial charge in [0.15, 0.2) is 0 Å². The Bertz CT molecular complexity index is 914. The number of aliphatic carboxylic acids is 1. The van der Waals surface area contributed by atoms with Crippen LogP contribution in [0.5, 0.6) is 5.75 Å². The number of carbonyl (C=O) groups is 3. The van der Waals surface area contributed by atoms with E-state index in [1.165, 1.54) is 35.2 Å². The minimum Gasteiger partial charge on any atom is -0.549 e. The molecule has 0 aliphatic heterocycles. The number of carboxylic acids is 3. The fourth-order valence-electron chi connectivity index (χ4n) is 2.68. The minimum atomic E-state index is -2.97. The van der Waals surface area contributed by atoms with Crippen LogP contribution < -0.4 is 109 Å². The quantitative estimate of drug-likeness (QED) is 0.310. The van der Waals surface area contributed by atoms with Crippen molar-refractivity contribution in [3.8, 4) is 5.75 Å². The van der Waals surface area contributed by atoms with Crippen LogP contribution >= 0.6 is 0 Å². The molecule has 0 spiro atoms. The van der Waals surface area contributed by atoms with Crippen LogP contribution in [0.1, 0.15) is 31.8 Å². The van der Waals surface area contributed by atoms with Crippen molar-refractivity contribution >= 4 is 17.9 Å². The maximum absolute atomic E-state index is 12.2. The second kappa shape index (κ2) is 16.2. The van der Waals surface area contributed by atoms with Gasteiger partial charge in [0.05, 0.1) is 17.9 Å². The van der Waals surface area contributed by atoms with Gasteiger partial charge in [0.1, 0.15) is 5.75 Å². The van der Waals surface area contributed by atoms with Crippen molar-refractivity contribution in [3.63, 3.8) is 0 Å². The molecule has 13 heteroatoms. The second-order valence-corrected chi connectivity index (χ2v) is 5.99. The number of carboxylic acid groups (broad SMARTS) is 3. The molecule has 0 atom stereocenters. The van der Waals surface area contributed by atoms with Crippen LogP contribution in [0.3, 0.4) is 0 Å². The molecule has 0 fully saturated rings. The van der Waals surface area contributed by atoms with Crippen molar-refractivity contribution < 1.29 is 132 Å². The zero-order valence-corrected chi connectivity index (χ0v) is 23.8. The average Bonchev–Trinajstić information content (AvgIpc) is 2.62. The SMILES string of the molecule is O=C([O-])CN(Cc1ccc(OC(F)F)cc1)Cc1ccc(C(=O)[O-])c(C(=O)[O-])c1.[Na+].[Na+].[Na+]. The van der Waals surface area contributed by atoms with Crippen LogP contribution in [0.2, 0.25) is 0 Å². The molecule has 0 saturated heterocycles. The van der Waals surface area contributed by atoms with E-state index in [4.69, 9.17) is 0 Å². The van der Waals surface area contributed by atoms with Crippen LogP contribution in [0, 0.1) is 0 Å². The zero-order valence-electron chi connectivity index (χ0n) is 17.8. The first-order chi connectivity index (χ1) is 13.7. The van der Waals surface area contributed by atoms with Crippen molar-refractivity contribution in [1.29, 1.82) is 0 Å². The average molecular weight is 475 g/mol. The van der Waals surface area contributed by atoms with Gasteiger partial charge in [-0.3, -0.25) is 4.90 Å². The standard InChI is InChI=1S/C19H17F2NO7.3Na/c20-19(21)29-13-4-1-11(2-5-13)8-22(10-16(23)24)9-12-3-6-14(17(25)26)15(7-12)18(27)28;;;/h1-7,19H,8-10H2,(H,23,24)(H,25,26)(H,27,28);;;/q;3*+1/p-3. The first-order valence-electron chi connectivity index (χ1n) is 8.17. The summed E-state index contributed by atoms with van der Waals surface area (Å²) in [7, 11) is 0. The van der Waals surface area contributed by atoms with Crippen molar-refractivity contribution in [2.45, 2.75) is 19.7 Å². The van der Waals surface area contributed by atoms with E-state index in [0.717, 1.165) is 12.1 Å². The van der Waals surface area contributed by atoms with Crippen molar-refractivity contribution in [3.05, 3.63) is 64.7 Å². The Morgan fingerprint density at radius 3 is 1.78 bits per heavy atom. The van der Waals surface area contributed by atoms with Gasteiger partial charge < -0.3 is 34.4 Å². The zero-order chi connectivity index (χ0) is 21.6. The third-order valence-corrected chi connectivity index (χ3v) is 3.84. The van der Waals surface area contributed by atoms with Crippen molar-refractivity contribution in [2.24, 2.45) is 0 Å². The van der Waals surface area contributed by atoms with Gasteiger partial charge >= 0.3 is 95.3 Å². The molecule has 8 nitrogen and oxygen atoms in total. The molecule has 0 bridgehead atoms. The number of aromatic carboxylic acids is 2. The molecule has 0 radical (unpaired) electrons. The van der Waals surface area contributed by atoms with E-state index in [9.17, 15) is 38.5 Å². The van der Waals surface area contributed by atoms with E-state index in [1.807, 2.05) is 0 Å². The van der Waals surface area contributed by atoms with Crippen LogP contribution in [0.15, 0.2) is 42.5 Å². The minimum absolute atomic E-state index is 0. The van der Waals surface area contributed by atoms with Gasteiger partial charge in [-0.25, -0.2) is 0 Å². The predicted molar refractivity (Wildman–Crippen MR) is 87.3 cm³/mol. The predicted octanol–water partition coefficient (Wildman–Crippen LogP) is -10.2. The Labute approximate surface area is 248 Å². The van der Waals surface area contributed by atoms with Crippen molar-refractivity contribution in [1.82, 2.24) is 4.90 Å². The van der Waals surface area contributed by atoms with E-state index in [1.54, 1.807) is 0 Å². The molecule has 0 aromatic heterocycles. The maximum Gasteiger partial charge on any atom is 1.00 e. The summed E-state index contributed by atoms with van der Waals surface area (Å²) in [5.74, 6) is -4.86. The third kappa shape index (κ3) is 11.1. The molecule has 0 heterocycles. The van der Waals surface area contributed by atoms with Gasteiger partial charge in [-0.2, -0.15) is 8.78 Å². The molecule has 0 N–H and O–H groups in total. The molecule has 2 rings (SSSR count). The van der Waals surface area contributed by atoms with Gasteiger partial charge in [-0.05, 0) is 29.3 Å². The molecule has 0 unspecified atom stereocenters. The summed E-state index contributed by atoms with van der Waals surface area (Å²) in [4.78, 5) is 34.6. The number of benzene rings is 2. The van der Waals surface area contributed by atoms with Crippen LogP contribution in [0.25, 0.3) is 0 Å². The van der Waals surface area contributed by atoms with Gasteiger partial charge in [0, 0.05) is 30.8 Å². The number of halogens is 2. The number of nitrogens with zero attached hydrogens (tertiary/aromatic N) is 1. The Morgan fingerprint density at radius 2 is 1.31 bits per heavy atom.